The number of thioether (sulfide) groups is 1. The van der Waals surface area contributed by atoms with Crippen LogP contribution < -0.4 is 5.32 Å². The number of amides is 1. The first-order valence-electron chi connectivity index (χ1n) is 10.5. The lowest BCUT2D eigenvalue weighted by atomic mass is 9.95. The van der Waals surface area contributed by atoms with Gasteiger partial charge in [-0.2, -0.15) is 0 Å². The SMILES string of the molecule is CSc1ccccc1NC(=O)C(C)N1CCC(CN(C)Cc2ccccc2)CC1. The number of likely N-dealkylation sites (tertiary alicyclic amines) is 1. The van der Waals surface area contributed by atoms with E-state index in [9.17, 15) is 4.79 Å². The second-order valence-corrected chi connectivity index (χ2v) is 8.88. The minimum atomic E-state index is -0.104. The fourth-order valence-corrected chi connectivity index (χ4v) is 4.63. The molecule has 1 aliphatic heterocycles. The van der Waals surface area contributed by atoms with Crippen molar-refractivity contribution in [1.29, 1.82) is 0 Å². The molecule has 29 heavy (non-hydrogen) atoms. The van der Waals surface area contributed by atoms with E-state index in [1.807, 2.05) is 37.4 Å². The fourth-order valence-electron chi connectivity index (χ4n) is 4.07. The lowest BCUT2D eigenvalue weighted by molar-refractivity contribution is -0.121. The normalized spacial score (nSPS) is 16.7. The highest BCUT2D eigenvalue weighted by Crippen LogP contribution is 2.26. The highest BCUT2D eigenvalue weighted by molar-refractivity contribution is 7.98. The van der Waals surface area contributed by atoms with Gasteiger partial charge in [0, 0.05) is 18.0 Å². The maximum absolute atomic E-state index is 12.8. The van der Waals surface area contributed by atoms with Crippen LogP contribution in [0, 0.1) is 5.92 Å². The molecule has 0 radical (unpaired) electrons. The number of nitrogens with zero attached hydrogens (tertiary/aromatic N) is 2. The Kier molecular flexibility index (Phi) is 8.16. The number of hydrogen-bond acceptors (Lipinski definition) is 4. The molecule has 0 aliphatic carbocycles. The van der Waals surface area contributed by atoms with Gasteiger partial charge in [-0.25, -0.2) is 0 Å². The number of rotatable bonds is 8. The highest BCUT2D eigenvalue weighted by Gasteiger charge is 2.27. The van der Waals surface area contributed by atoms with E-state index >= 15 is 0 Å². The molecular formula is C24H33N3OS. The molecule has 5 heteroatoms. The van der Waals surface area contributed by atoms with Gasteiger partial charge < -0.3 is 10.2 Å². The summed E-state index contributed by atoms with van der Waals surface area (Å²) in [6.07, 6.45) is 4.34. The van der Waals surface area contributed by atoms with Crippen molar-refractivity contribution < 1.29 is 4.79 Å². The molecule has 4 nitrogen and oxygen atoms in total. The molecule has 3 rings (SSSR count). The zero-order chi connectivity index (χ0) is 20.6. The Balaban J connectivity index is 1.45. The molecule has 0 aromatic heterocycles. The van der Waals surface area contributed by atoms with Crippen LogP contribution in [0.25, 0.3) is 0 Å². The second kappa shape index (κ2) is 10.8. The molecule has 2 aromatic rings. The summed E-state index contributed by atoms with van der Waals surface area (Å²) < 4.78 is 0. The number of piperidine rings is 1. The zero-order valence-corrected chi connectivity index (χ0v) is 18.6. The number of para-hydroxylation sites is 1. The van der Waals surface area contributed by atoms with E-state index < -0.39 is 0 Å². The van der Waals surface area contributed by atoms with Gasteiger partial charge in [-0.3, -0.25) is 9.69 Å². The van der Waals surface area contributed by atoms with Crippen LogP contribution in [0.2, 0.25) is 0 Å². The van der Waals surface area contributed by atoms with Gasteiger partial charge in [-0.15, -0.1) is 11.8 Å². The molecule has 1 amide bonds. The summed E-state index contributed by atoms with van der Waals surface area (Å²) in [4.78, 5) is 18.6. The number of benzene rings is 2. The lowest BCUT2D eigenvalue weighted by Crippen LogP contribution is -2.47. The Morgan fingerprint density at radius 2 is 1.79 bits per heavy atom. The molecule has 1 N–H and O–H groups in total. The molecule has 0 spiro atoms. The molecule has 0 saturated carbocycles. The van der Waals surface area contributed by atoms with Gasteiger partial charge in [0.2, 0.25) is 5.91 Å². The first-order valence-corrected chi connectivity index (χ1v) is 11.7. The van der Waals surface area contributed by atoms with Crippen molar-refractivity contribution in [2.24, 2.45) is 5.92 Å². The van der Waals surface area contributed by atoms with Crippen LogP contribution in [0.1, 0.15) is 25.3 Å². The van der Waals surface area contributed by atoms with Gasteiger partial charge in [0.05, 0.1) is 11.7 Å². The maximum Gasteiger partial charge on any atom is 0.241 e. The molecule has 0 bridgehead atoms. The van der Waals surface area contributed by atoms with Crippen molar-refractivity contribution >= 4 is 23.4 Å². The largest absolute Gasteiger partial charge is 0.324 e. The third kappa shape index (κ3) is 6.33. The molecule has 1 fully saturated rings. The van der Waals surface area contributed by atoms with Gasteiger partial charge in [0.15, 0.2) is 0 Å². The summed E-state index contributed by atoms with van der Waals surface area (Å²) in [6, 6.07) is 18.5. The molecule has 1 heterocycles. The Morgan fingerprint density at radius 3 is 2.48 bits per heavy atom. The van der Waals surface area contributed by atoms with Gasteiger partial charge in [0.1, 0.15) is 0 Å². The summed E-state index contributed by atoms with van der Waals surface area (Å²) in [5.41, 5.74) is 2.28. The van der Waals surface area contributed by atoms with Gasteiger partial charge >= 0.3 is 0 Å². The van der Waals surface area contributed by atoms with Crippen molar-refractivity contribution in [3.05, 3.63) is 60.2 Å². The number of nitrogens with one attached hydrogen (secondary N) is 1. The van der Waals surface area contributed by atoms with Crippen LogP contribution in [0.3, 0.4) is 0 Å². The van der Waals surface area contributed by atoms with Crippen molar-refractivity contribution in [3.63, 3.8) is 0 Å². The molecule has 156 valence electrons. The standard InChI is InChI=1S/C24H33N3OS/c1-19(24(28)25-22-11-7-8-12-23(22)29-3)27-15-13-21(14-16-27)18-26(2)17-20-9-5-4-6-10-20/h4-12,19,21H,13-18H2,1-3H3,(H,25,28). The van der Waals surface area contributed by atoms with E-state index in [0.29, 0.717) is 5.92 Å². The Hall–Kier alpha value is -1.82. The van der Waals surface area contributed by atoms with Crippen LogP contribution in [0.4, 0.5) is 5.69 Å². The van der Waals surface area contributed by atoms with Crippen molar-refractivity contribution in [2.75, 3.05) is 38.3 Å². The highest BCUT2D eigenvalue weighted by atomic mass is 32.2. The Morgan fingerprint density at radius 1 is 1.14 bits per heavy atom. The third-order valence-electron chi connectivity index (χ3n) is 5.81. The quantitative estimate of drug-likeness (QED) is 0.645. The fraction of sp³-hybridized carbons (Fsp3) is 0.458. The van der Waals surface area contributed by atoms with E-state index in [4.69, 9.17) is 0 Å². The van der Waals surface area contributed by atoms with Crippen LogP contribution in [-0.2, 0) is 11.3 Å². The number of hydrogen-bond donors (Lipinski definition) is 1. The van der Waals surface area contributed by atoms with Gasteiger partial charge in [-0.1, -0.05) is 42.5 Å². The first kappa shape index (κ1) is 21.9. The topological polar surface area (TPSA) is 35.6 Å². The van der Waals surface area contributed by atoms with Crippen LogP contribution in [0.5, 0.6) is 0 Å². The van der Waals surface area contributed by atoms with Crippen molar-refractivity contribution in [1.82, 2.24) is 9.80 Å². The maximum atomic E-state index is 12.8. The summed E-state index contributed by atoms with van der Waals surface area (Å²) in [7, 11) is 2.21. The lowest BCUT2D eigenvalue weighted by Gasteiger charge is -2.36. The van der Waals surface area contributed by atoms with Gasteiger partial charge in [-0.05, 0) is 69.8 Å². The monoisotopic (exact) mass is 411 g/mol. The summed E-state index contributed by atoms with van der Waals surface area (Å²) >= 11 is 1.66. The smallest absolute Gasteiger partial charge is 0.241 e. The summed E-state index contributed by atoms with van der Waals surface area (Å²) in [5.74, 6) is 0.790. The van der Waals surface area contributed by atoms with Crippen molar-refractivity contribution in [2.45, 2.75) is 37.2 Å². The molecule has 2 aromatic carbocycles. The number of carbonyl (C=O) groups excluding carboxylic acids is 1. The minimum absolute atomic E-state index is 0.0890. The zero-order valence-electron chi connectivity index (χ0n) is 17.8. The van der Waals surface area contributed by atoms with Crippen molar-refractivity contribution in [3.8, 4) is 0 Å². The predicted molar refractivity (Wildman–Crippen MR) is 123 cm³/mol. The van der Waals surface area contributed by atoms with E-state index in [-0.39, 0.29) is 11.9 Å². The predicted octanol–water partition coefficient (Wildman–Crippen LogP) is 4.58. The second-order valence-electron chi connectivity index (χ2n) is 8.03. The summed E-state index contributed by atoms with van der Waals surface area (Å²) in [6.45, 7) is 6.11. The van der Waals surface area contributed by atoms with Crippen LogP contribution in [-0.4, -0.2) is 54.7 Å². The van der Waals surface area contributed by atoms with Crippen LogP contribution in [0.15, 0.2) is 59.5 Å². The van der Waals surface area contributed by atoms with E-state index in [2.05, 4.69) is 52.5 Å². The molecule has 1 unspecified atom stereocenters. The molecule has 1 atom stereocenters. The average Bonchev–Trinajstić information content (AvgIpc) is 2.74. The Bertz CT molecular complexity index is 775. The van der Waals surface area contributed by atoms with Gasteiger partial charge in [0.25, 0.3) is 0 Å². The summed E-state index contributed by atoms with van der Waals surface area (Å²) in [5, 5.41) is 3.12. The molecule has 1 saturated heterocycles. The van der Waals surface area contributed by atoms with Crippen LogP contribution >= 0.6 is 11.8 Å². The molecular weight excluding hydrogens is 378 g/mol. The Labute approximate surface area is 179 Å². The first-order chi connectivity index (χ1) is 14.1. The van der Waals surface area contributed by atoms with E-state index in [1.165, 1.54) is 5.56 Å². The minimum Gasteiger partial charge on any atom is -0.324 e. The molecule has 1 aliphatic rings. The number of anilines is 1. The number of carbonyl (C=O) groups is 1. The average molecular weight is 412 g/mol. The van der Waals surface area contributed by atoms with E-state index in [1.54, 1.807) is 11.8 Å². The third-order valence-corrected chi connectivity index (χ3v) is 6.60. The van der Waals surface area contributed by atoms with E-state index in [0.717, 1.165) is 49.6 Å².